The van der Waals surface area contributed by atoms with Crippen molar-refractivity contribution in [3.63, 3.8) is 0 Å². The molecule has 150 valence electrons. The minimum atomic E-state index is 0.224. The first-order valence-electron chi connectivity index (χ1n) is 9.61. The van der Waals surface area contributed by atoms with Gasteiger partial charge >= 0.3 is 0 Å². The summed E-state index contributed by atoms with van der Waals surface area (Å²) in [5, 5.41) is 4.66. The third-order valence-corrected chi connectivity index (χ3v) is 4.94. The van der Waals surface area contributed by atoms with Crippen LogP contribution >= 0.6 is 11.6 Å². The summed E-state index contributed by atoms with van der Waals surface area (Å²) in [7, 11) is 3.23. The van der Waals surface area contributed by atoms with E-state index in [9.17, 15) is 0 Å². The van der Waals surface area contributed by atoms with E-state index in [0.29, 0.717) is 23.6 Å². The average Bonchev–Trinajstić information content (AvgIpc) is 2.68. The number of nitrogens with one attached hydrogen (secondary N) is 1. The molecule has 1 aromatic heterocycles. The molecule has 1 N–H and O–H groups in total. The molecule has 0 aliphatic carbocycles. The molecule has 0 spiro atoms. The number of likely N-dealkylation sites (tertiary alicyclic amines) is 1. The van der Waals surface area contributed by atoms with E-state index < -0.39 is 0 Å². The van der Waals surface area contributed by atoms with Crippen LogP contribution in [0.2, 0.25) is 5.28 Å². The van der Waals surface area contributed by atoms with Crippen LogP contribution in [-0.4, -0.2) is 54.3 Å². The molecule has 6 nitrogen and oxygen atoms in total. The number of hydrogen-bond donors (Lipinski definition) is 1. The maximum atomic E-state index is 6.13. The third kappa shape index (κ3) is 5.14. The van der Waals surface area contributed by atoms with Crippen molar-refractivity contribution in [2.75, 3.05) is 32.6 Å². The summed E-state index contributed by atoms with van der Waals surface area (Å²) in [6.07, 6.45) is 2.16. The highest BCUT2D eigenvalue weighted by Gasteiger charge is 2.22. The smallest absolute Gasteiger partial charge is 0.224 e. The van der Waals surface area contributed by atoms with Crippen molar-refractivity contribution in [1.82, 2.24) is 14.9 Å². The van der Waals surface area contributed by atoms with Gasteiger partial charge in [-0.05, 0) is 44.4 Å². The van der Waals surface area contributed by atoms with E-state index in [2.05, 4.69) is 34.0 Å². The molecule has 0 radical (unpaired) electrons. The monoisotopic (exact) mass is 394 g/mol. The number of nitrogens with zero attached hydrogens (tertiary/aromatic N) is 3. The first-order chi connectivity index (χ1) is 13.0. The lowest BCUT2D eigenvalue weighted by Gasteiger charge is -2.35. The lowest BCUT2D eigenvalue weighted by molar-refractivity contribution is 0.177. The van der Waals surface area contributed by atoms with Gasteiger partial charge in [-0.25, -0.2) is 9.97 Å². The van der Waals surface area contributed by atoms with E-state index in [1.54, 1.807) is 14.2 Å². The number of aromatic nitrogens is 2. The van der Waals surface area contributed by atoms with Gasteiger partial charge in [-0.3, -0.25) is 0 Å². The van der Waals surface area contributed by atoms with Gasteiger partial charge in [0.05, 0.1) is 19.7 Å². The van der Waals surface area contributed by atoms with Crippen molar-refractivity contribution in [1.29, 1.82) is 0 Å². The Hall–Kier alpha value is -1.79. The summed E-state index contributed by atoms with van der Waals surface area (Å²) in [5.74, 6) is 2.03. The molecule has 0 amide bonds. The first kappa shape index (κ1) is 21.5. The van der Waals surface area contributed by atoms with Crippen molar-refractivity contribution in [3.05, 3.63) is 17.4 Å². The van der Waals surface area contributed by atoms with Gasteiger partial charge in [0.2, 0.25) is 5.28 Å². The highest BCUT2D eigenvalue weighted by Crippen LogP contribution is 2.35. The van der Waals surface area contributed by atoms with Gasteiger partial charge in [-0.2, -0.15) is 0 Å². The van der Waals surface area contributed by atoms with Gasteiger partial charge in [-0.15, -0.1) is 0 Å². The van der Waals surface area contributed by atoms with Gasteiger partial charge in [0.1, 0.15) is 5.82 Å². The Bertz CT molecular complexity index is 746. The largest absolute Gasteiger partial charge is 0.493 e. The Morgan fingerprint density at radius 1 is 1.07 bits per heavy atom. The topological polar surface area (TPSA) is 59.5 Å². The van der Waals surface area contributed by atoms with Crippen LogP contribution in [0.1, 0.15) is 40.5 Å². The number of fused-ring (bicyclic) bond motifs is 1. The summed E-state index contributed by atoms with van der Waals surface area (Å²) >= 11 is 6.13. The summed E-state index contributed by atoms with van der Waals surface area (Å²) in [6, 6.07) is 4.69. The molecule has 1 fully saturated rings. The number of halogens is 1. The van der Waals surface area contributed by atoms with Crippen LogP contribution in [0.3, 0.4) is 0 Å². The Labute approximate surface area is 167 Å². The van der Waals surface area contributed by atoms with E-state index in [0.717, 1.165) is 42.7 Å². The second-order valence-electron chi connectivity index (χ2n) is 6.61. The van der Waals surface area contributed by atoms with E-state index in [-0.39, 0.29) is 5.28 Å². The summed E-state index contributed by atoms with van der Waals surface area (Å²) in [6.45, 7) is 10.7. The molecule has 2 heterocycles. The van der Waals surface area contributed by atoms with Crippen LogP contribution in [0.4, 0.5) is 5.82 Å². The van der Waals surface area contributed by atoms with Crippen LogP contribution in [-0.2, 0) is 0 Å². The Balaban J connectivity index is 0.00000126. The second kappa shape index (κ2) is 9.95. The molecule has 1 aliphatic rings. The molecule has 3 rings (SSSR count). The van der Waals surface area contributed by atoms with Crippen molar-refractivity contribution < 1.29 is 9.47 Å². The summed E-state index contributed by atoms with van der Waals surface area (Å²) in [5.41, 5.74) is 0.736. The zero-order chi connectivity index (χ0) is 20.0. The van der Waals surface area contributed by atoms with Crippen LogP contribution < -0.4 is 14.8 Å². The molecule has 7 heteroatoms. The van der Waals surface area contributed by atoms with Crippen LogP contribution in [0.5, 0.6) is 11.5 Å². The fourth-order valence-electron chi connectivity index (χ4n) is 3.29. The molecule has 1 saturated heterocycles. The average molecular weight is 395 g/mol. The predicted molar refractivity (Wildman–Crippen MR) is 112 cm³/mol. The van der Waals surface area contributed by atoms with E-state index >= 15 is 0 Å². The summed E-state index contributed by atoms with van der Waals surface area (Å²) in [4.78, 5) is 11.2. The van der Waals surface area contributed by atoms with Crippen molar-refractivity contribution in [3.8, 4) is 11.5 Å². The molecule has 1 aliphatic heterocycles. The number of hydrogen-bond acceptors (Lipinski definition) is 6. The van der Waals surface area contributed by atoms with Gasteiger partial charge in [-0.1, -0.05) is 13.8 Å². The lowest BCUT2D eigenvalue weighted by atomic mass is 10.0. The zero-order valence-electron chi connectivity index (χ0n) is 17.2. The second-order valence-corrected chi connectivity index (χ2v) is 6.95. The first-order valence-corrected chi connectivity index (χ1v) is 9.99. The molecule has 0 saturated carbocycles. The van der Waals surface area contributed by atoms with Crippen molar-refractivity contribution in [2.24, 2.45) is 0 Å². The summed E-state index contributed by atoms with van der Waals surface area (Å²) < 4.78 is 10.8. The minimum absolute atomic E-state index is 0.224. The van der Waals surface area contributed by atoms with Crippen molar-refractivity contribution >= 4 is 28.3 Å². The molecular formula is C20H31ClN4O2. The Morgan fingerprint density at radius 3 is 2.22 bits per heavy atom. The Morgan fingerprint density at radius 2 is 1.67 bits per heavy atom. The molecule has 2 aromatic rings. The van der Waals surface area contributed by atoms with Gasteiger partial charge < -0.3 is 19.7 Å². The molecule has 1 aromatic carbocycles. The molecule has 0 unspecified atom stereocenters. The number of ether oxygens (including phenoxy) is 2. The van der Waals surface area contributed by atoms with E-state index in [4.69, 9.17) is 21.1 Å². The maximum absolute atomic E-state index is 6.13. The predicted octanol–water partition coefficient (Wildman–Crippen LogP) is 4.61. The number of methoxy groups -OCH3 is 2. The fourth-order valence-corrected chi connectivity index (χ4v) is 3.47. The molecule has 0 atom stereocenters. The molecular weight excluding hydrogens is 364 g/mol. The van der Waals surface area contributed by atoms with Gasteiger partial charge in [0.25, 0.3) is 0 Å². The third-order valence-electron chi connectivity index (χ3n) is 4.77. The zero-order valence-corrected chi connectivity index (χ0v) is 17.9. The molecule has 0 bridgehead atoms. The van der Waals surface area contributed by atoms with E-state index in [1.807, 2.05) is 26.0 Å². The quantitative estimate of drug-likeness (QED) is 0.747. The standard InChI is InChI=1S/C18H25ClN4O2.C2H6/c1-11(2)23-7-5-12(6-8-23)20-17-13-9-15(24-3)16(25-4)10-14(13)21-18(19)22-17;1-2/h9-12H,5-8H2,1-4H3,(H,20,21,22);1-2H3. The number of anilines is 1. The van der Waals surface area contributed by atoms with Gasteiger partial charge in [0.15, 0.2) is 11.5 Å². The van der Waals surface area contributed by atoms with Gasteiger partial charge in [0, 0.05) is 36.6 Å². The maximum Gasteiger partial charge on any atom is 0.224 e. The number of rotatable bonds is 5. The lowest BCUT2D eigenvalue weighted by Crippen LogP contribution is -2.42. The van der Waals surface area contributed by atoms with E-state index in [1.165, 1.54) is 0 Å². The normalized spacial score (nSPS) is 15.4. The van der Waals surface area contributed by atoms with Crippen molar-refractivity contribution in [2.45, 2.75) is 52.6 Å². The number of benzene rings is 1. The highest BCUT2D eigenvalue weighted by atomic mass is 35.5. The Kier molecular flexibility index (Phi) is 7.92. The van der Waals surface area contributed by atoms with Crippen LogP contribution in [0.25, 0.3) is 10.9 Å². The highest BCUT2D eigenvalue weighted by molar-refractivity contribution is 6.28. The molecule has 27 heavy (non-hydrogen) atoms. The van der Waals surface area contributed by atoms with Crippen LogP contribution in [0.15, 0.2) is 12.1 Å². The minimum Gasteiger partial charge on any atom is -0.493 e. The number of piperidine rings is 1. The SMILES string of the molecule is CC.COc1cc2nc(Cl)nc(NC3CCN(C(C)C)CC3)c2cc1OC. The fraction of sp³-hybridized carbons (Fsp3) is 0.600. The van der Waals surface area contributed by atoms with Crippen LogP contribution in [0, 0.1) is 0 Å².